The number of carbonyl (C=O) groups excluding carboxylic acids is 1. The molecule has 1 aromatic heterocycles. The molecule has 1 aliphatic rings. The van der Waals surface area contributed by atoms with Gasteiger partial charge in [0, 0.05) is 44.8 Å². The molecule has 2 aromatic rings. The number of fused-ring (bicyclic) bond motifs is 1. The van der Waals surface area contributed by atoms with Crippen LogP contribution in [-0.2, 0) is 21.5 Å². The standard InChI is InChI=1S/C21H31N3O2/c1-15(25)23(5)17-8-9-19-18(13-17)22-20(21(2,3)4)24(19)14-16-7-6-11-26-12-10-16/h8-9,13,16H,6-7,10-12,14H2,1-5H3. The summed E-state index contributed by atoms with van der Waals surface area (Å²) in [6.45, 7) is 10.9. The number of imidazole rings is 1. The van der Waals surface area contributed by atoms with Crippen LogP contribution in [0.15, 0.2) is 18.2 Å². The normalized spacial score (nSPS) is 18.7. The van der Waals surface area contributed by atoms with Gasteiger partial charge in [0.25, 0.3) is 0 Å². The highest BCUT2D eigenvalue weighted by molar-refractivity contribution is 5.93. The molecule has 1 fully saturated rings. The summed E-state index contributed by atoms with van der Waals surface area (Å²) in [5.74, 6) is 1.76. The number of amides is 1. The quantitative estimate of drug-likeness (QED) is 0.830. The van der Waals surface area contributed by atoms with Crippen molar-refractivity contribution in [2.75, 3.05) is 25.2 Å². The molecule has 2 heterocycles. The highest BCUT2D eigenvalue weighted by Crippen LogP contribution is 2.31. The SMILES string of the molecule is CC(=O)N(C)c1ccc2c(c1)nc(C(C)(C)C)n2CC1CCCOCC1. The first kappa shape index (κ1) is 18.9. The Morgan fingerprint density at radius 2 is 2.08 bits per heavy atom. The number of benzene rings is 1. The lowest BCUT2D eigenvalue weighted by atomic mass is 9.94. The topological polar surface area (TPSA) is 47.4 Å². The van der Waals surface area contributed by atoms with Gasteiger partial charge in [-0.2, -0.15) is 0 Å². The highest BCUT2D eigenvalue weighted by atomic mass is 16.5. The molecule has 0 spiro atoms. The van der Waals surface area contributed by atoms with Gasteiger partial charge in [-0.1, -0.05) is 20.8 Å². The fraction of sp³-hybridized carbons (Fsp3) is 0.619. The number of hydrogen-bond acceptors (Lipinski definition) is 3. The van der Waals surface area contributed by atoms with E-state index in [0.29, 0.717) is 5.92 Å². The van der Waals surface area contributed by atoms with E-state index in [9.17, 15) is 4.79 Å². The summed E-state index contributed by atoms with van der Waals surface area (Å²) in [5.41, 5.74) is 2.97. The second-order valence-corrected chi connectivity index (χ2v) is 8.46. The van der Waals surface area contributed by atoms with Crippen molar-refractivity contribution >= 4 is 22.6 Å². The lowest BCUT2D eigenvalue weighted by Gasteiger charge is -2.23. The Bertz CT molecular complexity index is 780. The van der Waals surface area contributed by atoms with E-state index >= 15 is 0 Å². The molecule has 5 heteroatoms. The van der Waals surface area contributed by atoms with Gasteiger partial charge in [0.05, 0.1) is 11.0 Å². The Morgan fingerprint density at radius 1 is 1.31 bits per heavy atom. The van der Waals surface area contributed by atoms with E-state index in [4.69, 9.17) is 9.72 Å². The first-order chi connectivity index (χ1) is 12.3. The molecule has 1 unspecified atom stereocenters. The van der Waals surface area contributed by atoms with Gasteiger partial charge < -0.3 is 14.2 Å². The molecule has 3 rings (SSSR count). The Kier molecular flexibility index (Phi) is 5.37. The fourth-order valence-electron chi connectivity index (χ4n) is 3.68. The van der Waals surface area contributed by atoms with Crippen LogP contribution >= 0.6 is 0 Å². The number of ether oxygens (including phenoxy) is 1. The van der Waals surface area contributed by atoms with Crippen LogP contribution in [0.5, 0.6) is 0 Å². The maximum absolute atomic E-state index is 11.7. The lowest BCUT2D eigenvalue weighted by molar-refractivity contribution is -0.116. The minimum atomic E-state index is -0.0348. The van der Waals surface area contributed by atoms with Gasteiger partial charge in [-0.05, 0) is 43.4 Å². The number of rotatable bonds is 3. The van der Waals surface area contributed by atoms with Crippen molar-refractivity contribution in [1.82, 2.24) is 9.55 Å². The molecule has 142 valence electrons. The number of nitrogens with zero attached hydrogens (tertiary/aromatic N) is 3. The molecule has 1 aliphatic heterocycles. The number of hydrogen-bond donors (Lipinski definition) is 0. The predicted molar refractivity (Wildman–Crippen MR) is 106 cm³/mol. The van der Waals surface area contributed by atoms with Crippen molar-refractivity contribution in [3.63, 3.8) is 0 Å². The minimum absolute atomic E-state index is 0.0262. The number of anilines is 1. The molecule has 5 nitrogen and oxygen atoms in total. The average Bonchev–Trinajstić information content (AvgIpc) is 2.75. The fourth-order valence-corrected chi connectivity index (χ4v) is 3.68. The van der Waals surface area contributed by atoms with Crippen LogP contribution in [-0.4, -0.2) is 35.7 Å². The van der Waals surface area contributed by atoms with E-state index in [-0.39, 0.29) is 11.3 Å². The van der Waals surface area contributed by atoms with Crippen LogP contribution in [0.4, 0.5) is 5.69 Å². The summed E-state index contributed by atoms with van der Waals surface area (Å²) in [6, 6.07) is 6.16. The molecule has 26 heavy (non-hydrogen) atoms. The zero-order valence-electron chi connectivity index (χ0n) is 16.7. The van der Waals surface area contributed by atoms with Crippen molar-refractivity contribution in [2.45, 2.75) is 58.9 Å². The van der Waals surface area contributed by atoms with Gasteiger partial charge in [0.1, 0.15) is 5.82 Å². The van der Waals surface area contributed by atoms with Gasteiger partial charge >= 0.3 is 0 Å². The molecule has 0 aliphatic carbocycles. The molecule has 0 bridgehead atoms. The average molecular weight is 357 g/mol. The molecule has 1 saturated heterocycles. The molecule has 1 atom stereocenters. The molecule has 0 N–H and O–H groups in total. The van der Waals surface area contributed by atoms with E-state index in [1.807, 2.05) is 12.1 Å². The van der Waals surface area contributed by atoms with Crippen LogP contribution in [0, 0.1) is 5.92 Å². The zero-order valence-corrected chi connectivity index (χ0v) is 16.7. The summed E-state index contributed by atoms with van der Waals surface area (Å²) in [5, 5.41) is 0. The second kappa shape index (κ2) is 7.39. The van der Waals surface area contributed by atoms with Crippen molar-refractivity contribution in [2.24, 2.45) is 5.92 Å². The summed E-state index contributed by atoms with van der Waals surface area (Å²) in [7, 11) is 1.80. The van der Waals surface area contributed by atoms with Crippen LogP contribution < -0.4 is 4.90 Å². The zero-order chi connectivity index (χ0) is 18.9. The van der Waals surface area contributed by atoms with Crippen LogP contribution in [0.1, 0.15) is 52.8 Å². The van der Waals surface area contributed by atoms with Crippen molar-refractivity contribution in [1.29, 1.82) is 0 Å². The Hall–Kier alpha value is -1.88. The minimum Gasteiger partial charge on any atom is -0.381 e. The second-order valence-electron chi connectivity index (χ2n) is 8.46. The molecule has 0 saturated carbocycles. The van der Waals surface area contributed by atoms with E-state index in [0.717, 1.165) is 55.1 Å². The van der Waals surface area contributed by atoms with E-state index in [1.165, 1.54) is 6.42 Å². The largest absolute Gasteiger partial charge is 0.381 e. The molecule has 0 radical (unpaired) electrons. The third kappa shape index (κ3) is 3.93. The Balaban J connectivity index is 2.02. The van der Waals surface area contributed by atoms with Crippen LogP contribution in [0.25, 0.3) is 11.0 Å². The van der Waals surface area contributed by atoms with Gasteiger partial charge in [0.15, 0.2) is 0 Å². The molecule has 1 amide bonds. The first-order valence-electron chi connectivity index (χ1n) is 9.60. The first-order valence-corrected chi connectivity index (χ1v) is 9.60. The monoisotopic (exact) mass is 357 g/mol. The van der Waals surface area contributed by atoms with Crippen LogP contribution in [0.3, 0.4) is 0 Å². The van der Waals surface area contributed by atoms with Gasteiger partial charge in [-0.25, -0.2) is 4.98 Å². The Morgan fingerprint density at radius 3 is 2.77 bits per heavy atom. The van der Waals surface area contributed by atoms with Crippen molar-refractivity contribution < 1.29 is 9.53 Å². The van der Waals surface area contributed by atoms with E-state index in [2.05, 4.69) is 31.4 Å². The van der Waals surface area contributed by atoms with Crippen molar-refractivity contribution in [3.05, 3.63) is 24.0 Å². The Labute approximate surface area is 156 Å². The van der Waals surface area contributed by atoms with E-state index in [1.54, 1.807) is 18.9 Å². The number of aromatic nitrogens is 2. The highest BCUT2D eigenvalue weighted by Gasteiger charge is 2.25. The van der Waals surface area contributed by atoms with Crippen LogP contribution in [0.2, 0.25) is 0 Å². The smallest absolute Gasteiger partial charge is 0.223 e. The third-order valence-corrected chi connectivity index (χ3v) is 5.27. The van der Waals surface area contributed by atoms with E-state index < -0.39 is 0 Å². The molecular weight excluding hydrogens is 326 g/mol. The lowest BCUT2D eigenvalue weighted by Crippen LogP contribution is -2.22. The maximum Gasteiger partial charge on any atom is 0.223 e. The summed E-state index contributed by atoms with van der Waals surface area (Å²) < 4.78 is 8.02. The van der Waals surface area contributed by atoms with Gasteiger partial charge in [-0.15, -0.1) is 0 Å². The maximum atomic E-state index is 11.7. The molecule has 1 aromatic carbocycles. The van der Waals surface area contributed by atoms with Gasteiger partial charge in [0.2, 0.25) is 5.91 Å². The number of carbonyl (C=O) groups is 1. The predicted octanol–water partition coefficient (Wildman–Crippen LogP) is 4.13. The molecular formula is C21H31N3O2. The summed E-state index contributed by atoms with van der Waals surface area (Å²) >= 11 is 0. The third-order valence-electron chi connectivity index (χ3n) is 5.27. The van der Waals surface area contributed by atoms with Gasteiger partial charge in [-0.3, -0.25) is 4.79 Å². The summed E-state index contributed by atoms with van der Waals surface area (Å²) in [6.07, 6.45) is 3.44. The summed E-state index contributed by atoms with van der Waals surface area (Å²) in [4.78, 5) is 18.3. The van der Waals surface area contributed by atoms with Crippen molar-refractivity contribution in [3.8, 4) is 0 Å².